The van der Waals surface area contributed by atoms with Crippen molar-refractivity contribution in [2.24, 2.45) is 5.41 Å². The third-order valence-corrected chi connectivity index (χ3v) is 7.01. The van der Waals surface area contributed by atoms with Gasteiger partial charge in [0.05, 0.1) is 10.9 Å². The summed E-state index contributed by atoms with van der Waals surface area (Å²) >= 11 is 0. The van der Waals surface area contributed by atoms with Gasteiger partial charge in [-0.25, -0.2) is 9.18 Å². The predicted octanol–water partition coefficient (Wildman–Crippen LogP) is 3.31. The Morgan fingerprint density at radius 1 is 1.31 bits per heavy atom. The van der Waals surface area contributed by atoms with E-state index in [1.54, 1.807) is 4.90 Å². The van der Waals surface area contributed by atoms with Crippen LogP contribution in [0, 0.1) is 11.2 Å². The molecule has 0 amide bonds. The summed E-state index contributed by atoms with van der Waals surface area (Å²) in [5.74, 6) is -2.72. The Kier molecular flexibility index (Phi) is 4.70. The van der Waals surface area contributed by atoms with Crippen molar-refractivity contribution in [3.05, 3.63) is 33.9 Å². The Balaban J connectivity index is 1.76. The minimum atomic E-state index is -3.23. The van der Waals surface area contributed by atoms with Crippen molar-refractivity contribution < 1.29 is 27.8 Å². The number of pyridine rings is 1. The van der Waals surface area contributed by atoms with Crippen LogP contribution in [0.3, 0.4) is 0 Å². The molecule has 1 aromatic heterocycles. The van der Waals surface area contributed by atoms with Gasteiger partial charge in [-0.1, -0.05) is 0 Å². The lowest BCUT2D eigenvalue weighted by atomic mass is 10.0. The molecule has 5 rings (SSSR count). The number of anilines is 1. The number of benzene rings is 1. The second kappa shape index (κ2) is 7.13. The summed E-state index contributed by atoms with van der Waals surface area (Å²) in [5, 5.41) is 9.17. The molecule has 1 atom stereocenters. The topological polar surface area (TPSA) is 75.0 Å². The van der Waals surface area contributed by atoms with E-state index in [0.29, 0.717) is 25.9 Å². The molecule has 1 N–H and O–H groups in total. The molecule has 2 saturated carbocycles. The summed E-state index contributed by atoms with van der Waals surface area (Å²) in [4.78, 5) is 28.2. The minimum Gasteiger partial charge on any atom is -0.477 e. The molecule has 1 aliphatic heterocycles. The average molecular weight is 451 g/mol. The molecule has 1 saturated heterocycles. The molecule has 2 aliphatic carbocycles. The molecule has 1 aromatic carbocycles. The summed E-state index contributed by atoms with van der Waals surface area (Å²) in [6, 6.07) is 0.952. The van der Waals surface area contributed by atoms with Gasteiger partial charge in [-0.3, -0.25) is 4.79 Å². The highest BCUT2D eigenvalue weighted by molar-refractivity contribution is 5.97. The Bertz CT molecular complexity index is 1170. The summed E-state index contributed by atoms with van der Waals surface area (Å²) in [6.45, 7) is -2.29. The Morgan fingerprint density at radius 3 is 2.50 bits per heavy atom. The van der Waals surface area contributed by atoms with E-state index in [-0.39, 0.29) is 34.1 Å². The maximum atomic E-state index is 15.5. The monoisotopic (exact) mass is 451 g/mol. The fourth-order valence-electron chi connectivity index (χ4n) is 5.22. The largest absolute Gasteiger partial charge is 0.477 e. The van der Waals surface area contributed by atoms with Gasteiger partial charge in [0, 0.05) is 36.8 Å². The number of carboxylic acids is 1. The number of hydrogen-bond acceptors (Lipinski definition) is 5. The Hall–Kier alpha value is -2.75. The number of halogens is 3. The van der Waals surface area contributed by atoms with Crippen molar-refractivity contribution in [3.8, 4) is 5.75 Å². The SMILES string of the molecule is CN(C)[C@H]1CN(c2c(F)cc3c(=O)c(C(=O)O)cn(C4CC4)c3c2OC(F)F)CC12CC2. The van der Waals surface area contributed by atoms with E-state index in [1.807, 2.05) is 14.1 Å². The third kappa shape index (κ3) is 3.23. The zero-order valence-corrected chi connectivity index (χ0v) is 17.8. The van der Waals surface area contributed by atoms with Gasteiger partial charge in [0.2, 0.25) is 5.43 Å². The van der Waals surface area contributed by atoms with Crippen molar-refractivity contribution >= 4 is 22.6 Å². The smallest absolute Gasteiger partial charge is 0.387 e. The van der Waals surface area contributed by atoms with Crippen LogP contribution < -0.4 is 15.1 Å². The summed E-state index contributed by atoms with van der Waals surface area (Å²) < 4.78 is 48.9. The highest BCUT2D eigenvalue weighted by Crippen LogP contribution is 2.56. The molecule has 2 aromatic rings. The van der Waals surface area contributed by atoms with Crippen LogP contribution in [0.2, 0.25) is 0 Å². The van der Waals surface area contributed by atoms with Gasteiger partial charge in [0.1, 0.15) is 11.3 Å². The molecule has 0 bridgehead atoms. The third-order valence-electron chi connectivity index (χ3n) is 7.01. The van der Waals surface area contributed by atoms with Gasteiger partial charge in [0.15, 0.2) is 11.6 Å². The van der Waals surface area contributed by atoms with Gasteiger partial charge in [-0.2, -0.15) is 8.78 Å². The zero-order valence-electron chi connectivity index (χ0n) is 17.8. The highest BCUT2D eigenvalue weighted by atomic mass is 19.3. The van der Waals surface area contributed by atoms with E-state index >= 15 is 4.39 Å². The molecule has 1 spiro atoms. The van der Waals surface area contributed by atoms with Crippen LogP contribution in [0.25, 0.3) is 10.9 Å². The molecule has 172 valence electrons. The molecule has 0 unspecified atom stereocenters. The second-order valence-electron chi connectivity index (χ2n) is 9.35. The van der Waals surface area contributed by atoms with Gasteiger partial charge in [-0.05, 0) is 45.8 Å². The van der Waals surface area contributed by atoms with Gasteiger partial charge in [-0.15, -0.1) is 0 Å². The maximum Gasteiger partial charge on any atom is 0.387 e. The lowest BCUT2D eigenvalue weighted by Gasteiger charge is -2.26. The zero-order chi connectivity index (χ0) is 22.9. The highest BCUT2D eigenvalue weighted by Gasteiger charge is 2.56. The number of rotatable bonds is 6. The summed E-state index contributed by atoms with van der Waals surface area (Å²) in [6.07, 6.45) is 4.52. The summed E-state index contributed by atoms with van der Waals surface area (Å²) in [7, 11) is 3.89. The normalized spacial score (nSPS) is 21.8. The molecule has 32 heavy (non-hydrogen) atoms. The van der Waals surface area contributed by atoms with E-state index in [9.17, 15) is 23.5 Å². The molecule has 3 aliphatic rings. The molecule has 7 nitrogen and oxygen atoms in total. The number of hydrogen-bond donors (Lipinski definition) is 1. The first-order chi connectivity index (χ1) is 15.1. The standard InChI is InChI=1S/C22H24F3N3O4/c1-26(2)15-9-27(10-22(15)5-6-22)17-14(23)7-12-16(19(17)32-21(24)25)28(11-3-4-11)8-13(18(12)29)20(30)31/h7-8,11,15,21H,3-6,9-10H2,1-2H3,(H,30,31)/t15-/m0/s1. The van der Waals surface area contributed by atoms with Crippen LogP contribution in [0.5, 0.6) is 5.75 Å². The van der Waals surface area contributed by atoms with Crippen LogP contribution >= 0.6 is 0 Å². The number of likely N-dealkylation sites (N-methyl/N-ethyl adjacent to an activating group) is 1. The number of aromatic carboxylic acids is 1. The predicted molar refractivity (Wildman–Crippen MR) is 111 cm³/mol. The van der Waals surface area contributed by atoms with Crippen LogP contribution in [-0.4, -0.2) is 60.4 Å². The fourth-order valence-corrected chi connectivity index (χ4v) is 5.22. The van der Waals surface area contributed by atoms with Crippen molar-refractivity contribution in [2.45, 2.75) is 44.4 Å². The molecular weight excluding hydrogens is 427 g/mol. The quantitative estimate of drug-likeness (QED) is 0.727. The van der Waals surface area contributed by atoms with E-state index in [4.69, 9.17) is 4.74 Å². The number of nitrogens with zero attached hydrogens (tertiary/aromatic N) is 3. The molecule has 0 radical (unpaired) electrons. The lowest BCUT2D eigenvalue weighted by Crippen LogP contribution is -2.36. The number of ether oxygens (including phenoxy) is 1. The van der Waals surface area contributed by atoms with Crippen molar-refractivity contribution in [1.29, 1.82) is 0 Å². The molecule has 3 fully saturated rings. The van der Waals surface area contributed by atoms with E-state index in [1.165, 1.54) is 10.8 Å². The first-order valence-corrected chi connectivity index (χ1v) is 10.6. The first-order valence-electron chi connectivity index (χ1n) is 10.6. The van der Waals surface area contributed by atoms with Gasteiger partial charge in [0.25, 0.3) is 0 Å². The Labute approximate surface area is 182 Å². The van der Waals surface area contributed by atoms with Crippen molar-refractivity contribution in [3.63, 3.8) is 0 Å². The maximum absolute atomic E-state index is 15.5. The number of alkyl halides is 2. The number of aromatic nitrogens is 1. The average Bonchev–Trinajstić information content (AvgIpc) is 3.60. The molecule has 10 heteroatoms. The molecular formula is C22H24F3N3O4. The fraction of sp³-hybridized carbons (Fsp3) is 0.545. The molecule has 2 heterocycles. The number of carboxylic acid groups (broad SMARTS) is 1. The first kappa shape index (κ1) is 21.1. The van der Waals surface area contributed by atoms with Crippen molar-refractivity contribution in [1.82, 2.24) is 9.47 Å². The minimum absolute atomic E-state index is 0.0175. The van der Waals surface area contributed by atoms with E-state index in [0.717, 1.165) is 18.9 Å². The van der Waals surface area contributed by atoms with Crippen LogP contribution in [0.15, 0.2) is 17.1 Å². The van der Waals surface area contributed by atoms with Gasteiger partial charge < -0.3 is 24.2 Å². The Morgan fingerprint density at radius 2 is 2.00 bits per heavy atom. The number of fused-ring (bicyclic) bond motifs is 1. The second-order valence-corrected chi connectivity index (χ2v) is 9.35. The van der Waals surface area contributed by atoms with Crippen LogP contribution in [-0.2, 0) is 0 Å². The number of carbonyl (C=O) groups is 1. The van der Waals surface area contributed by atoms with Gasteiger partial charge >= 0.3 is 12.6 Å². The van der Waals surface area contributed by atoms with Crippen LogP contribution in [0.4, 0.5) is 18.9 Å². The lowest BCUT2D eigenvalue weighted by molar-refractivity contribution is -0.0488. The van der Waals surface area contributed by atoms with Crippen LogP contribution in [0.1, 0.15) is 42.1 Å². The summed E-state index contributed by atoms with van der Waals surface area (Å²) in [5.41, 5.74) is -1.52. The van der Waals surface area contributed by atoms with E-state index in [2.05, 4.69) is 4.90 Å². The van der Waals surface area contributed by atoms with Crippen molar-refractivity contribution in [2.75, 3.05) is 32.1 Å². The van der Waals surface area contributed by atoms with E-state index < -0.39 is 35.1 Å².